The number of nitrogens with one attached hydrogen (secondary N) is 4. The average molecular weight is 587 g/mol. The van der Waals surface area contributed by atoms with E-state index in [1.54, 1.807) is 6.07 Å². The van der Waals surface area contributed by atoms with Crippen molar-refractivity contribution < 1.29 is 27.5 Å². The molecule has 0 aliphatic carbocycles. The van der Waals surface area contributed by atoms with Gasteiger partial charge in [0, 0.05) is 12.1 Å². The maximum Gasteiger partial charge on any atom is 0.422 e. The number of amides is 2. The number of hydrogen-bond acceptors (Lipinski definition) is 8. The Kier molecular flexibility index (Phi) is 10.3. The van der Waals surface area contributed by atoms with Crippen molar-refractivity contribution in [2.75, 3.05) is 11.9 Å². The Morgan fingerprint density at radius 3 is 2.34 bits per heavy atom. The highest BCUT2D eigenvalue weighted by Gasteiger charge is 2.28. The molecule has 4 rings (SSSR count). The number of aryl methyl sites for hydroxylation is 1. The summed E-state index contributed by atoms with van der Waals surface area (Å²) in [5, 5.41) is 14.8. The van der Waals surface area contributed by atoms with Crippen molar-refractivity contribution in [2.24, 2.45) is 0 Å². The fourth-order valence-corrected chi connectivity index (χ4v) is 4.66. The van der Waals surface area contributed by atoms with Crippen LogP contribution in [0.4, 0.5) is 18.3 Å². The van der Waals surface area contributed by atoms with E-state index in [1.807, 2.05) is 42.5 Å². The summed E-state index contributed by atoms with van der Waals surface area (Å²) in [7, 11) is 0. The molecular formula is C28H29F3N6O3S. The Bertz CT molecular complexity index is 1390. The average Bonchev–Trinajstić information content (AvgIpc) is 3.38. The highest BCUT2D eigenvalue weighted by Crippen LogP contribution is 2.21. The third-order valence-corrected chi connectivity index (χ3v) is 6.65. The van der Waals surface area contributed by atoms with Crippen molar-refractivity contribution in [1.29, 1.82) is 0 Å². The first kappa shape index (κ1) is 29.6. The summed E-state index contributed by atoms with van der Waals surface area (Å²) in [6.07, 6.45) is 2.80. The maximum atomic E-state index is 12.4. The van der Waals surface area contributed by atoms with Crippen molar-refractivity contribution in [3.8, 4) is 5.75 Å². The topological polar surface area (TPSA) is 117 Å². The van der Waals surface area contributed by atoms with Crippen LogP contribution in [0, 0.1) is 0 Å². The third-order valence-electron chi connectivity index (χ3n) is 5.76. The van der Waals surface area contributed by atoms with Gasteiger partial charge in [-0.3, -0.25) is 15.0 Å². The second kappa shape index (κ2) is 14.3. The number of alkyl halides is 3. The van der Waals surface area contributed by atoms with Gasteiger partial charge in [0.1, 0.15) is 16.6 Å². The number of halogens is 3. The lowest BCUT2D eigenvalue weighted by atomic mass is 10.1. The molecule has 0 bridgehead atoms. The van der Waals surface area contributed by atoms with Crippen LogP contribution in [-0.4, -0.2) is 34.8 Å². The van der Waals surface area contributed by atoms with Crippen molar-refractivity contribution in [1.82, 2.24) is 26.4 Å². The van der Waals surface area contributed by atoms with Crippen LogP contribution in [0.25, 0.3) is 0 Å². The minimum Gasteiger partial charge on any atom is -0.484 e. The number of anilines is 1. The number of benzene rings is 2. The van der Waals surface area contributed by atoms with Gasteiger partial charge in [-0.15, -0.1) is 10.2 Å². The molecule has 1 aliphatic rings. The van der Waals surface area contributed by atoms with Crippen LogP contribution >= 0.6 is 11.3 Å². The summed E-state index contributed by atoms with van der Waals surface area (Å²) in [4.78, 5) is 24.6. The lowest BCUT2D eigenvalue weighted by Crippen LogP contribution is -2.41. The first-order valence-corrected chi connectivity index (χ1v) is 13.7. The first-order valence-electron chi connectivity index (χ1n) is 12.9. The zero-order chi connectivity index (χ0) is 29.1. The number of carbonyl (C=O) groups excluding carboxylic acids is 2. The van der Waals surface area contributed by atoms with Crippen LogP contribution in [0.1, 0.15) is 35.4 Å². The molecule has 0 saturated heterocycles. The fourth-order valence-electron chi connectivity index (χ4n) is 3.87. The molecule has 2 aromatic carbocycles. The first-order chi connectivity index (χ1) is 19.7. The summed E-state index contributed by atoms with van der Waals surface area (Å²) in [6.45, 7) is -1.39. The van der Waals surface area contributed by atoms with Gasteiger partial charge in [0.15, 0.2) is 6.61 Å². The number of nitrogens with zero attached hydrogens (tertiary/aromatic N) is 2. The van der Waals surface area contributed by atoms with Gasteiger partial charge in [-0.1, -0.05) is 53.8 Å². The molecule has 2 heterocycles. The molecule has 0 radical (unpaired) electrons. The molecule has 3 aromatic rings. The highest BCUT2D eigenvalue weighted by molar-refractivity contribution is 7.15. The van der Waals surface area contributed by atoms with E-state index in [0.717, 1.165) is 35.5 Å². The number of ether oxygens (including phenoxy) is 1. The van der Waals surface area contributed by atoms with Gasteiger partial charge in [-0.25, -0.2) is 0 Å². The molecule has 0 fully saturated rings. The number of hydrogen-bond donors (Lipinski definition) is 4. The molecule has 0 saturated carbocycles. The minimum absolute atomic E-state index is 0.0405. The summed E-state index contributed by atoms with van der Waals surface area (Å²) in [6, 6.07) is 15.5. The van der Waals surface area contributed by atoms with E-state index in [-0.39, 0.29) is 24.0 Å². The number of hydrazine groups is 1. The number of carbonyl (C=O) groups is 2. The molecular weight excluding hydrogens is 557 g/mol. The monoisotopic (exact) mass is 586 g/mol. The van der Waals surface area contributed by atoms with Gasteiger partial charge in [-0.05, 0) is 54.7 Å². The number of allylic oxidation sites excluding steroid dienone is 3. The van der Waals surface area contributed by atoms with Gasteiger partial charge in [0.2, 0.25) is 16.9 Å². The van der Waals surface area contributed by atoms with Crippen molar-refractivity contribution >= 4 is 28.3 Å². The Morgan fingerprint density at radius 2 is 1.59 bits per heavy atom. The van der Waals surface area contributed by atoms with E-state index in [4.69, 9.17) is 4.74 Å². The fraction of sp³-hybridized carbons (Fsp3) is 0.286. The van der Waals surface area contributed by atoms with E-state index in [2.05, 4.69) is 31.7 Å². The molecule has 216 valence electrons. The Balaban J connectivity index is 1.14. The Labute approximate surface area is 238 Å². The second-order valence-corrected chi connectivity index (χ2v) is 10.3. The van der Waals surface area contributed by atoms with E-state index >= 15 is 0 Å². The van der Waals surface area contributed by atoms with Gasteiger partial charge in [0.25, 0.3) is 0 Å². The van der Waals surface area contributed by atoms with E-state index in [1.165, 1.54) is 29.5 Å². The molecule has 0 unspecified atom stereocenters. The normalized spacial score (nSPS) is 12.9. The zero-order valence-electron chi connectivity index (χ0n) is 22.0. The predicted molar refractivity (Wildman–Crippen MR) is 149 cm³/mol. The van der Waals surface area contributed by atoms with Crippen molar-refractivity contribution in [2.45, 2.75) is 44.7 Å². The molecule has 9 nitrogen and oxygen atoms in total. The van der Waals surface area contributed by atoms with E-state index < -0.39 is 12.8 Å². The van der Waals surface area contributed by atoms with Crippen LogP contribution in [0.15, 0.2) is 78.3 Å². The maximum absolute atomic E-state index is 12.4. The predicted octanol–water partition coefficient (Wildman–Crippen LogP) is 4.57. The summed E-state index contributed by atoms with van der Waals surface area (Å²) >= 11 is 1.28. The quantitative estimate of drug-likeness (QED) is 0.217. The largest absolute Gasteiger partial charge is 0.484 e. The highest BCUT2D eigenvalue weighted by atomic mass is 32.1. The van der Waals surface area contributed by atoms with Crippen LogP contribution < -0.4 is 26.2 Å². The van der Waals surface area contributed by atoms with Crippen LogP contribution in [0.5, 0.6) is 5.75 Å². The molecule has 0 atom stereocenters. The van der Waals surface area contributed by atoms with E-state index in [9.17, 15) is 22.8 Å². The van der Waals surface area contributed by atoms with Gasteiger partial charge < -0.3 is 20.8 Å². The molecule has 1 aliphatic heterocycles. The number of unbranched alkanes of at least 4 members (excludes halogenated alkanes) is 1. The summed E-state index contributed by atoms with van der Waals surface area (Å²) in [5.74, 6) is 0.167. The van der Waals surface area contributed by atoms with Gasteiger partial charge in [0.05, 0.1) is 12.8 Å². The smallest absolute Gasteiger partial charge is 0.422 e. The lowest BCUT2D eigenvalue weighted by Gasteiger charge is -2.20. The Morgan fingerprint density at radius 1 is 0.854 bits per heavy atom. The lowest BCUT2D eigenvalue weighted by molar-refractivity contribution is -0.153. The van der Waals surface area contributed by atoms with Gasteiger partial charge >= 0.3 is 6.18 Å². The number of rotatable bonds is 13. The SMILES string of the molecule is O=C(Cc1ccccc1)NC1=CC=C(CCCCc2nnc(NC(=O)Cc3cccc(OCC(F)(F)F)c3)s2)NN1. The van der Waals surface area contributed by atoms with Crippen molar-refractivity contribution in [3.05, 3.63) is 94.4 Å². The van der Waals surface area contributed by atoms with Crippen LogP contribution in [-0.2, 0) is 28.9 Å². The van der Waals surface area contributed by atoms with E-state index in [0.29, 0.717) is 29.4 Å². The molecule has 0 spiro atoms. The van der Waals surface area contributed by atoms with Crippen LogP contribution in [0.2, 0.25) is 0 Å². The zero-order valence-corrected chi connectivity index (χ0v) is 22.8. The van der Waals surface area contributed by atoms with Crippen molar-refractivity contribution in [3.63, 3.8) is 0 Å². The number of aromatic nitrogens is 2. The molecule has 2 amide bonds. The van der Waals surface area contributed by atoms with Crippen LogP contribution in [0.3, 0.4) is 0 Å². The molecule has 13 heteroatoms. The molecule has 4 N–H and O–H groups in total. The molecule has 1 aromatic heterocycles. The standard InChI is InChI=1S/C28H29F3N6O3S/c29-28(30,31)18-40-22-11-6-9-20(15-22)17-25(39)33-27-37-36-26(41-27)12-5-4-10-21-13-14-23(35-34-21)32-24(38)16-19-7-2-1-3-8-19/h1-3,6-9,11,13-15,34-35H,4-5,10,12,16-18H2,(H,32,38)(H,33,37,39). The second-order valence-electron chi connectivity index (χ2n) is 9.22. The third kappa shape index (κ3) is 10.6. The summed E-state index contributed by atoms with van der Waals surface area (Å²) in [5.41, 5.74) is 8.54. The molecule has 41 heavy (non-hydrogen) atoms. The van der Waals surface area contributed by atoms with Gasteiger partial charge in [-0.2, -0.15) is 13.2 Å². The minimum atomic E-state index is -4.44. The summed E-state index contributed by atoms with van der Waals surface area (Å²) < 4.78 is 41.8. The Hall–Kier alpha value is -4.39.